The van der Waals surface area contributed by atoms with Gasteiger partial charge in [-0.05, 0) is 45.0 Å². The van der Waals surface area contributed by atoms with E-state index in [1.165, 1.54) is 17.9 Å². The summed E-state index contributed by atoms with van der Waals surface area (Å²) in [4.78, 5) is 41.9. The van der Waals surface area contributed by atoms with Crippen molar-refractivity contribution < 1.29 is 33.0 Å². The first-order chi connectivity index (χ1) is 18.0. The lowest BCUT2D eigenvalue weighted by molar-refractivity contribution is -0.119. The van der Waals surface area contributed by atoms with Gasteiger partial charge in [0.1, 0.15) is 17.5 Å². The second-order valence-electron chi connectivity index (χ2n) is 10.9. The van der Waals surface area contributed by atoms with Gasteiger partial charge in [0.2, 0.25) is 5.91 Å². The Balaban J connectivity index is 1.32. The normalized spacial score (nSPS) is 26.0. The highest BCUT2D eigenvalue weighted by molar-refractivity contribution is 5.90. The van der Waals surface area contributed by atoms with Crippen LogP contribution in [-0.4, -0.2) is 61.1 Å². The smallest absolute Gasteiger partial charge is 0.414 e. The van der Waals surface area contributed by atoms with Gasteiger partial charge in [0.15, 0.2) is 0 Å². The lowest BCUT2D eigenvalue weighted by atomic mass is 10.0. The molecule has 0 spiro atoms. The van der Waals surface area contributed by atoms with Crippen LogP contribution in [0.1, 0.15) is 33.4 Å². The third-order valence-corrected chi connectivity index (χ3v) is 7.06. The molecule has 1 aromatic heterocycles. The molecule has 202 valence electrons. The zero-order valence-corrected chi connectivity index (χ0v) is 21.7. The molecule has 2 unspecified atom stereocenters. The molecule has 1 saturated carbocycles. The number of pyridine rings is 1. The number of hydrogen-bond donors (Lipinski definition) is 2. The Bertz CT molecular complexity index is 1250. The van der Waals surface area contributed by atoms with Gasteiger partial charge < -0.3 is 24.8 Å². The molecular formula is C27H31FN4O6. The van der Waals surface area contributed by atoms with Gasteiger partial charge in [0, 0.05) is 36.1 Å². The molecule has 11 heteroatoms. The van der Waals surface area contributed by atoms with Crippen LogP contribution in [0.3, 0.4) is 0 Å². The highest BCUT2D eigenvalue weighted by Crippen LogP contribution is 2.60. The fourth-order valence-corrected chi connectivity index (χ4v) is 5.26. The van der Waals surface area contributed by atoms with Crippen molar-refractivity contribution in [2.24, 2.45) is 11.8 Å². The third kappa shape index (κ3) is 4.90. The SMILES string of the molecule is CC(=O)NCC1CN(c2ccc(-c3ccc(C4(NC(=O)OC(C)(C)C)[C@@H]5COC[C@@H]54)nc3)c(F)c2)C(=O)O1. The predicted octanol–water partition coefficient (Wildman–Crippen LogP) is 3.35. The van der Waals surface area contributed by atoms with E-state index in [2.05, 4.69) is 15.6 Å². The maximum atomic E-state index is 15.2. The first-order valence-electron chi connectivity index (χ1n) is 12.6. The molecule has 1 aliphatic carbocycles. The van der Waals surface area contributed by atoms with Crippen LogP contribution in [-0.2, 0) is 24.5 Å². The third-order valence-electron chi connectivity index (χ3n) is 7.06. The number of nitrogens with one attached hydrogen (secondary N) is 2. The minimum Gasteiger partial charge on any atom is -0.444 e. The van der Waals surface area contributed by atoms with Gasteiger partial charge in [-0.1, -0.05) is 6.07 Å². The molecule has 4 atom stereocenters. The Hall–Kier alpha value is -3.73. The van der Waals surface area contributed by atoms with Gasteiger partial charge in [-0.25, -0.2) is 14.0 Å². The Morgan fingerprint density at radius 2 is 1.95 bits per heavy atom. The molecule has 3 heterocycles. The summed E-state index contributed by atoms with van der Waals surface area (Å²) in [6, 6.07) is 8.07. The molecule has 0 radical (unpaired) electrons. The second-order valence-corrected chi connectivity index (χ2v) is 10.9. The van der Waals surface area contributed by atoms with Gasteiger partial charge in [0.25, 0.3) is 0 Å². The summed E-state index contributed by atoms with van der Waals surface area (Å²) >= 11 is 0. The van der Waals surface area contributed by atoms with Gasteiger partial charge >= 0.3 is 12.2 Å². The van der Waals surface area contributed by atoms with E-state index in [0.717, 1.165) is 0 Å². The lowest BCUT2D eigenvalue weighted by Gasteiger charge is -2.26. The standard InChI is InChI=1S/C27H31FN4O6/c1-15(33)29-11-18-12-32(25(35)37-18)17-6-7-19(22(28)9-17)16-5-8-23(30-10-16)27(20-13-36-14-21(20)27)31-24(34)38-26(2,3)4/h5-10,18,20-21H,11-14H2,1-4H3,(H,29,33)(H,31,34)/t18?,20-,21+,27?. The minimum absolute atomic E-state index is 0.0964. The molecular weight excluding hydrogens is 495 g/mol. The largest absolute Gasteiger partial charge is 0.444 e. The van der Waals surface area contributed by atoms with E-state index in [0.29, 0.717) is 35.7 Å². The quantitative estimate of drug-likeness (QED) is 0.593. The molecule has 10 nitrogen and oxygen atoms in total. The van der Waals surface area contributed by atoms with Gasteiger partial charge in [-0.2, -0.15) is 0 Å². The molecule has 5 rings (SSSR count). The summed E-state index contributed by atoms with van der Waals surface area (Å²) in [5.41, 5.74) is 0.601. The highest BCUT2D eigenvalue weighted by atomic mass is 19.1. The van der Waals surface area contributed by atoms with Crippen molar-refractivity contribution in [3.63, 3.8) is 0 Å². The van der Waals surface area contributed by atoms with Crippen molar-refractivity contribution in [1.82, 2.24) is 15.6 Å². The molecule has 2 aromatic rings. The molecule has 2 N–H and O–H groups in total. The fourth-order valence-electron chi connectivity index (χ4n) is 5.26. The second kappa shape index (κ2) is 9.54. The van der Waals surface area contributed by atoms with Crippen LogP contribution in [0.5, 0.6) is 0 Å². The number of rotatable bonds is 6. The summed E-state index contributed by atoms with van der Waals surface area (Å²) in [5, 5.41) is 5.64. The van der Waals surface area contributed by atoms with E-state index >= 15 is 4.39 Å². The van der Waals surface area contributed by atoms with Gasteiger partial charge in [0.05, 0.1) is 43.2 Å². The van der Waals surface area contributed by atoms with E-state index in [1.807, 2.05) is 0 Å². The Labute approximate surface area is 219 Å². The highest BCUT2D eigenvalue weighted by Gasteiger charge is 2.70. The van der Waals surface area contributed by atoms with Crippen LogP contribution in [0.2, 0.25) is 0 Å². The Morgan fingerprint density at radius 1 is 1.21 bits per heavy atom. The van der Waals surface area contributed by atoms with E-state index < -0.39 is 35.2 Å². The molecule has 3 aliphatic rings. The van der Waals surface area contributed by atoms with Crippen LogP contribution in [0, 0.1) is 17.7 Å². The van der Waals surface area contributed by atoms with Crippen molar-refractivity contribution in [2.45, 2.75) is 44.9 Å². The van der Waals surface area contributed by atoms with Crippen molar-refractivity contribution >= 4 is 23.8 Å². The van der Waals surface area contributed by atoms with Gasteiger partial charge in [-0.3, -0.25) is 14.7 Å². The van der Waals surface area contributed by atoms with Crippen LogP contribution in [0.25, 0.3) is 11.1 Å². The van der Waals surface area contributed by atoms with Crippen LogP contribution >= 0.6 is 0 Å². The van der Waals surface area contributed by atoms with Crippen molar-refractivity contribution in [3.8, 4) is 11.1 Å². The number of carbonyl (C=O) groups excluding carboxylic acids is 3. The summed E-state index contributed by atoms with van der Waals surface area (Å²) < 4.78 is 31.5. The number of carbonyl (C=O) groups is 3. The molecule has 3 fully saturated rings. The minimum atomic E-state index is -0.675. The summed E-state index contributed by atoms with van der Waals surface area (Å²) in [5.74, 6) is -0.550. The van der Waals surface area contributed by atoms with E-state index in [-0.39, 0.29) is 30.8 Å². The molecule has 1 aromatic carbocycles. The number of fused-ring (bicyclic) bond motifs is 1. The van der Waals surface area contributed by atoms with E-state index in [4.69, 9.17) is 14.2 Å². The fraction of sp³-hybridized carbons (Fsp3) is 0.481. The number of ether oxygens (including phenoxy) is 3. The molecule has 3 amide bonds. The van der Waals surface area contributed by atoms with E-state index in [1.54, 1.807) is 51.2 Å². The van der Waals surface area contributed by atoms with E-state index in [9.17, 15) is 14.4 Å². The first kappa shape index (κ1) is 25.9. The average Bonchev–Trinajstić information content (AvgIpc) is 3.18. The summed E-state index contributed by atoms with van der Waals surface area (Å²) in [6.45, 7) is 8.22. The molecule has 2 aliphatic heterocycles. The maximum Gasteiger partial charge on any atom is 0.414 e. The number of hydrogen-bond acceptors (Lipinski definition) is 7. The Kier molecular flexibility index (Phi) is 6.50. The molecule has 38 heavy (non-hydrogen) atoms. The molecule has 0 bridgehead atoms. The topological polar surface area (TPSA) is 119 Å². The summed E-state index contributed by atoms with van der Waals surface area (Å²) in [7, 11) is 0. The number of alkyl carbamates (subject to hydrolysis) is 1. The predicted molar refractivity (Wildman–Crippen MR) is 135 cm³/mol. The van der Waals surface area contributed by atoms with Crippen LogP contribution < -0.4 is 15.5 Å². The number of nitrogens with zero attached hydrogens (tertiary/aromatic N) is 2. The number of halogens is 1. The average molecular weight is 527 g/mol. The molecule has 2 saturated heterocycles. The van der Waals surface area contributed by atoms with Crippen molar-refractivity contribution in [3.05, 3.63) is 48.0 Å². The first-order valence-corrected chi connectivity index (χ1v) is 12.6. The number of aromatic nitrogens is 1. The van der Waals surface area contributed by atoms with Gasteiger partial charge in [-0.15, -0.1) is 0 Å². The zero-order valence-electron chi connectivity index (χ0n) is 21.7. The Morgan fingerprint density at radius 3 is 2.55 bits per heavy atom. The maximum absolute atomic E-state index is 15.2. The monoisotopic (exact) mass is 526 g/mol. The van der Waals surface area contributed by atoms with Crippen LogP contribution in [0.4, 0.5) is 19.7 Å². The number of cyclic esters (lactones) is 1. The number of anilines is 1. The summed E-state index contributed by atoms with van der Waals surface area (Å²) in [6.07, 6.45) is -0.0479. The van der Waals surface area contributed by atoms with Crippen molar-refractivity contribution in [2.75, 3.05) is 31.2 Å². The van der Waals surface area contributed by atoms with Crippen LogP contribution in [0.15, 0.2) is 36.5 Å². The number of amides is 3. The number of benzene rings is 1. The van der Waals surface area contributed by atoms with Crippen molar-refractivity contribution in [1.29, 1.82) is 0 Å². The lowest BCUT2D eigenvalue weighted by Crippen LogP contribution is -2.43. The zero-order chi connectivity index (χ0) is 27.2.